The van der Waals surface area contributed by atoms with E-state index in [0.717, 1.165) is 35.6 Å². The molecule has 0 bridgehead atoms. The van der Waals surface area contributed by atoms with Crippen LogP contribution in [0.25, 0.3) is 16.8 Å². The summed E-state index contributed by atoms with van der Waals surface area (Å²) in [5.74, 6) is -0.495. The molecule has 0 spiro atoms. The Morgan fingerprint density at radius 1 is 0.872 bits per heavy atom. The summed E-state index contributed by atoms with van der Waals surface area (Å²) >= 11 is 0. The fourth-order valence-electron chi connectivity index (χ4n) is 7.68. The van der Waals surface area contributed by atoms with Gasteiger partial charge in [-0.25, -0.2) is 4.79 Å². The number of anilines is 1. The number of benzene rings is 3. The molecular weight excluding hydrogens is 584 g/mol. The Bertz CT molecular complexity index is 1900. The van der Waals surface area contributed by atoms with Crippen LogP contribution in [0.1, 0.15) is 70.2 Å². The minimum atomic E-state index is -0.344. The van der Waals surface area contributed by atoms with Crippen LogP contribution < -0.4 is 4.90 Å². The topological polar surface area (TPSA) is 58.8 Å². The van der Waals surface area contributed by atoms with Crippen LogP contribution in [-0.4, -0.2) is 48.5 Å². The fraction of sp³-hybridized carbons (Fsp3) is 0.341. The number of nitrogens with zero attached hydrogens (tertiary/aromatic N) is 2. The third-order valence-corrected chi connectivity index (χ3v) is 9.70. The van der Waals surface area contributed by atoms with Crippen LogP contribution in [0.15, 0.2) is 90.7 Å². The fourth-order valence-corrected chi connectivity index (χ4v) is 7.68. The van der Waals surface area contributed by atoms with Crippen molar-refractivity contribution in [1.29, 1.82) is 0 Å². The summed E-state index contributed by atoms with van der Waals surface area (Å²) in [7, 11) is 0. The molecule has 0 saturated heterocycles. The number of hydrogen-bond donors (Lipinski definition) is 0. The molecule has 2 heterocycles. The Labute approximate surface area is 278 Å². The molecule has 6 nitrogen and oxygen atoms in total. The summed E-state index contributed by atoms with van der Waals surface area (Å²) in [6, 6.07) is 17.0. The highest BCUT2D eigenvalue weighted by Crippen LogP contribution is 2.51. The van der Waals surface area contributed by atoms with E-state index >= 15 is 0 Å². The maximum Gasteiger partial charge on any atom is 0.372 e. The molecule has 2 aliphatic heterocycles. The summed E-state index contributed by atoms with van der Waals surface area (Å²) in [6.45, 7) is 13.6. The van der Waals surface area contributed by atoms with Crippen molar-refractivity contribution in [2.24, 2.45) is 0 Å². The Morgan fingerprint density at radius 2 is 1.64 bits per heavy atom. The van der Waals surface area contributed by atoms with Crippen molar-refractivity contribution in [2.45, 2.75) is 65.2 Å². The number of rotatable bonds is 9. The van der Waals surface area contributed by atoms with Crippen LogP contribution in [0.5, 0.6) is 0 Å². The molecule has 0 radical (unpaired) electrons. The molecule has 0 saturated carbocycles. The van der Waals surface area contributed by atoms with E-state index in [4.69, 9.17) is 9.47 Å². The summed E-state index contributed by atoms with van der Waals surface area (Å²) < 4.78 is 12.9. The number of carbonyl (C=O) groups is 2. The maximum atomic E-state index is 12.8. The molecule has 3 aliphatic rings. The molecule has 0 amide bonds. The van der Waals surface area contributed by atoms with Gasteiger partial charge in [0, 0.05) is 34.5 Å². The van der Waals surface area contributed by atoms with E-state index in [0.29, 0.717) is 13.2 Å². The minimum Gasteiger partial charge on any atom is -0.465 e. The maximum absolute atomic E-state index is 12.8. The Kier molecular flexibility index (Phi) is 8.80. The Balaban J connectivity index is 1.36. The van der Waals surface area contributed by atoms with Gasteiger partial charge >= 0.3 is 11.9 Å². The molecule has 0 unspecified atom stereocenters. The number of hydrogen-bond acceptors (Lipinski definition) is 5. The highest BCUT2D eigenvalue weighted by atomic mass is 16.5. The zero-order valence-electron chi connectivity index (χ0n) is 28.4. The molecule has 47 heavy (non-hydrogen) atoms. The first-order valence-corrected chi connectivity index (χ1v) is 16.7. The normalized spacial score (nSPS) is 18.3. The van der Waals surface area contributed by atoms with Crippen molar-refractivity contribution in [3.8, 4) is 0 Å². The van der Waals surface area contributed by atoms with Crippen molar-refractivity contribution >= 4 is 45.9 Å². The van der Waals surface area contributed by atoms with Crippen molar-refractivity contribution in [2.75, 3.05) is 31.2 Å². The number of allylic oxidation sites excluding steroid dienone is 7. The van der Waals surface area contributed by atoms with Gasteiger partial charge in [-0.3, -0.25) is 4.79 Å². The highest BCUT2D eigenvalue weighted by Gasteiger charge is 2.46. The van der Waals surface area contributed by atoms with Gasteiger partial charge in [0.1, 0.15) is 6.54 Å². The second kappa shape index (κ2) is 12.8. The molecule has 3 aromatic carbocycles. The molecule has 6 rings (SSSR count). The van der Waals surface area contributed by atoms with Gasteiger partial charge in [0.05, 0.1) is 18.6 Å². The Morgan fingerprint density at radius 3 is 2.43 bits per heavy atom. The molecule has 6 heteroatoms. The van der Waals surface area contributed by atoms with E-state index in [2.05, 4.69) is 110 Å². The predicted octanol–water partition coefficient (Wildman–Crippen LogP) is 8.10. The molecule has 0 N–H and O–H groups in total. The first-order valence-electron chi connectivity index (χ1n) is 16.7. The van der Waals surface area contributed by atoms with Crippen molar-refractivity contribution in [3.05, 3.63) is 113 Å². The number of carbonyl (C=O) groups excluding carboxylic acids is 2. The lowest BCUT2D eigenvalue weighted by Crippen LogP contribution is -2.31. The van der Waals surface area contributed by atoms with Gasteiger partial charge in [-0.05, 0) is 86.2 Å². The van der Waals surface area contributed by atoms with Crippen LogP contribution in [0.3, 0.4) is 0 Å². The van der Waals surface area contributed by atoms with Crippen molar-refractivity contribution in [1.82, 2.24) is 0 Å². The van der Waals surface area contributed by atoms with Crippen molar-refractivity contribution < 1.29 is 23.6 Å². The zero-order valence-corrected chi connectivity index (χ0v) is 28.4. The number of ether oxygens (including phenoxy) is 2. The second-order valence-corrected chi connectivity index (χ2v) is 13.4. The van der Waals surface area contributed by atoms with Crippen LogP contribution in [0.4, 0.5) is 11.4 Å². The van der Waals surface area contributed by atoms with E-state index < -0.39 is 0 Å². The van der Waals surface area contributed by atoms with E-state index in [1.54, 1.807) is 0 Å². The summed E-state index contributed by atoms with van der Waals surface area (Å²) in [5.41, 5.74) is 8.61. The minimum absolute atomic E-state index is 0.143. The lowest BCUT2D eigenvalue weighted by atomic mass is 9.78. The molecular formula is C41H45N2O4+. The Hall–Kier alpha value is -4.71. The molecule has 0 fully saturated rings. The first-order chi connectivity index (χ1) is 22.6. The summed E-state index contributed by atoms with van der Waals surface area (Å²) in [6.07, 6.45) is 16.9. The van der Waals surface area contributed by atoms with Crippen LogP contribution in [-0.2, 0) is 36.3 Å². The second-order valence-electron chi connectivity index (χ2n) is 13.4. The monoisotopic (exact) mass is 629 g/mol. The molecule has 242 valence electrons. The van der Waals surface area contributed by atoms with Gasteiger partial charge in [0.2, 0.25) is 12.2 Å². The number of fused-ring (bicyclic) bond motifs is 6. The van der Waals surface area contributed by atoms with Gasteiger partial charge in [0.25, 0.3) is 0 Å². The van der Waals surface area contributed by atoms with Gasteiger partial charge in [-0.1, -0.05) is 74.6 Å². The number of esters is 2. The average molecular weight is 630 g/mol. The van der Waals surface area contributed by atoms with E-state index in [9.17, 15) is 9.59 Å². The standard InChI is InChI=1S/C41H45N2O4/c1-7-46-36(44)26-42-32-24-22-28-16-12-14-18-30(28)38(32)40(3,4)34(42)20-10-9-11-21-35-41(5,6)39-31-19-15-13-17-29(31)23-25-33(39)43(35)27-37(45)47-8-2/h9-12,14-16,18-25H,7-8,13,17,26-27H2,1-6H3/q+1. The third-order valence-electron chi connectivity index (χ3n) is 9.70. The van der Waals surface area contributed by atoms with Crippen LogP contribution >= 0.6 is 0 Å². The summed E-state index contributed by atoms with van der Waals surface area (Å²) in [4.78, 5) is 27.7. The van der Waals surface area contributed by atoms with Gasteiger partial charge in [-0.15, -0.1) is 0 Å². The third kappa shape index (κ3) is 5.75. The lowest BCUT2D eigenvalue weighted by molar-refractivity contribution is -0.428. The smallest absolute Gasteiger partial charge is 0.372 e. The molecule has 3 aromatic rings. The molecule has 0 aromatic heterocycles. The largest absolute Gasteiger partial charge is 0.465 e. The molecule has 1 aliphatic carbocycles. The average Bonchev–Trinajstić information content (AvgIpc) is 3.39. The quantitative estimate of drug-likeness (QED) is 0.136. The van der Waals surface area contributed by atoms with Gasteiger partial charge in [0.15, 0.2) is 5.71 Å². The van der Waals surface area contributed by atoms with Crippen LogP contribution in [0, 0.1) is 0 Å². The van der Waals surface area contributed by atoms with Crippen LogP contribution in [0.2, 0.25) is 0 Å². The highest BCUT2D eigenvalue weighted by molar-refractivity contribution is 6.08. The predicted molar refractivity (Wildman–Crippen MR) is 191 cm³/mol. The summed E-state index contributed by atoms with van der Waals surface area (Å²) in [5, 5.41) is 2.37. The van der Waals surface area contributed by atoms with Gasteiger partial charge < -0.3 is 14.4 Å². The van der Waals surface area contributed by atoms with Crippen molar-refractivity contribution in [3.63, 3.8) is 0 Å². The first kappa shape index (κ1) is 32.2. The zero-order chi connectivity index (χ0) is 33.3. The number of aryl methyl sites for hydroxylation is 1. The van der Waals surface area contributed by atoms with Gasteiger partial charge in [-0.2, -0.15) is 4.58 Å². The van der Waals surface area contributed by atoms with E-state index in [-0.39, 0.29) is 35.9 Å². The lowest BCUT2D eigenvalue weighted by Gasteiger charge is -2.27. The van der Waals surface area contributed by atoms with E-state index in [1.165, 1.54) is 33.0 Å². The van der Waals surface area contributed by atoms with E-state index in [1.807, 2.05) is 32.1 Å². The molecule has 0 atom stereocenters. The SMILES string of the molecule is CCOC(=O)CN1/C(=C/C=C/C=C/C2=[N+](CC(=O)OCC)c3ccc4ccccc4c3C2(C)C)C(C)(C)c2c1ccc1c2C=CCC1.